The molecule has 0 nitrogen and oxygen atoms in total. The zero-order chi connectivity index (χ0) is 44.6. The largest absolute Gasteiger partial charge is 2.00 e. The van der Waals surface area contributed by atoms with E-state index in [9.17, 15) is 25.2 Å². The zero-order valence-corrected chi connectivity index (χ0v) is 42.7. The minimum absolute atomic E-state index is 0. The topological polar surface area (TPSA) is 0 Å². The van der Waals surface area contributed by atoms with Gasteiger partial charge in [0.15, 0.2) is 0 Å². The molecule has 7 fully saturated rings. The van der Waals surface area contributed by atoms with E-state index in [1.54, 1.807) is 0 Å². The summed E-state index contributed by atoms with van der Waals surface area (Å²) in [5.74, 6) is 8.09. The molecule has 1 atom stereocenters. The Bertz CT molecular complexity index is 1660. The van der Waals surface area contributed by atoms with Crippen LogP contribution in [0.4, 0.5) is 25.2 Å². The van der Waals surface area contributed by atoms with Crippen LogP contribution in [0.25, 0.3) is 0 Å². The van der Waals surface area contributed by atoms with Gasteiger partial charge in [-0.05, 0) is 239 Å². The number of benzene rings is 2. The van der Waals surface area contributed by atoms with Crippen molar-refractivity contribution in [3.05, 3.63) is 307 Å². The maximum atomic E-state index is 9.87. The Hall–Kier alpha value is 0.412. The number of hydrogen-bond acceptors (Lipinski definition) is 0. The van der Waals surface area contributed by atoms with E-state index in [1.807, 2.05) is 96.3 Å². The Kier molecular flexibility index (Phi) is 28.4. The molecule has 345 valence electrons. The van der Waals surface area contributed by atoms with Gasteiger partial charge < -0.3 is 0 Å². The van der Waals surface area contributed by atoms with E-state index < -0.39 is 14.7 Å². The van der Waals surface area contributed by atoms with Gasteiger partial charge in [0.1, 0.15) is 0 Å². The summed E-state index contributed by atoms with van der Waals surface area (Å²) in [4.78, 5) is 0. The Morgan fingerprint density at radius 2 is 0.761 bits per heavy atom. The average Bonchev–Trinajstić information content (AvgIpc) is 4.13. The van der Waals surface area contributed by atoms with Crippen LogP contribution < -0.4 is 10.6 Å². The van der Waals surface area contributed by atoms with Crippen molar-refractivity contribution in [1.29, 1.82) is 0 Å². The molecule has 8 aliphatic rings. The number of hydrogen-bond donors (Lipinski definition) is 0. The molecule has 0 heterocycles. The summed E-state index contributed by atoms with van der Waals surface area (Å²) < 4.78 is 59.2. The molecule has 2 aromatic rings. The van der Waals surface area contributed by atoms with Gasteiger partial charge in [-0.3, -0.25) is 0 Å². The summed E-state index contributed by atoms with van der Waals surface area (Å²) in [5.41, 5.74) is 2.27. The molecule has 0 N–H and O–H groups in total. The second-order valence-electron chi connectivity index (χ2n) is 14.8. The molecule has 67 heavy (non-hydrogen) atoms. The third-order valence-corrected chi connectivity index (χ3v) is 14.5. The summed E-state index contributed by atoms with van der Waals surface area (Å²) in [6.45, 7) is -2.05. The summed E-state index contributed by atoms with van der Waals surface area (Å²) in [6.07, 6.45) is 72.6. The van der Waals surface area contributed by atoms with E-state index >= 15 is 0 Å². The maximum Gasteiger partial charge on any atom is 2.00 e. The van der Waals surface area contributed by atoms with Crippen LogP contribution in [0.2, 0.25) is 0 Å². The maximum absolute atomic E-state index is 10.7. The number of halogens is 6. The van der Waals surface area contributed by atoms with Gasteiger partial charge in [0, 0.05) is 23.2 Å². The van der Waals surface area contributed by atoms with Crippen LogP contribution in [0.15, 0.2) is 84.0 Å². The molecule has 0 aliphatic heterocycles. The fourth-order valence-electron chi connectivity index (χ4n) is 7.52. The number of allylic oxidation sites excluding steroid dienone is 4. The monoisotopic (exact) mass is 1150 g/mol. The van der Waals surface area contributed by atoms with Crippen LogP contribution in [0.3, 0.4) is 0 Å². The summed E-state index contributed by atoms with van der Waals surface area (Å²) >= 11 is 0. The van der Waals surface area contributed by atoms with Gasteiger partial charge in [0.2, 0.25) is 0 Å². The van der Waals surface area contributed by atoms with Crippen molar-refractivity contribution in [2.45, 2.75) is 6.42 Å². The molecule has 0 bridgehead atoms. The molecule has 0 amide bonds. The standard InChI is InChI=1S/C40H33P.3C5H5.F6P.3Fe.Ru/c1-3-23-37(24-4-1)41(38-25-5-2-6-26-38,28-27-32-15-7-8-16-32)31-40(36-21-13-14-22-36)30-35(33-17-9-10-18-33)29-39(40)34-19-11-12-20-34;3*1-2-4-5-3-1;1-7(2,3,4,5)6;;;;/h1-26,29-31H,27-28H2;3*1-5H;;;;;/q;;;;-1;4*+2. The predicted molar refractivity (Wildman–Crippen MR) is 253 cm³/mol. The fourth-order valence-corrected chi connectivity index (χ4v) is 11.8. The van der Waals surface area contributed by atoms with Crippen molar-refractivity contribution in [1.82, 2.24) is 0 Å². The molecule has 0 saturated heterocycles. The quantitative estimate of drug-likeness (QED) is 0.133. The van der Waals surface area contributed by atoms with E-state index in [2.05, 4.69) is 181 Å². The second-order valence-corrected chi connectivity index (χ2v) is 20.2. The van der Waals surface area contributed by atoms with Gasteiger partial charge in [-0.25, -0.2) is 0 Å². The summed E-state index contributed by atoms with van der Waals surface area (Å²) in [6, 6.07) is 22.6. The third kappa shape index (κ3) is 21.8. The van der Waals surface area contributed by atoms with Crippen molar-refractivity contribution in [3.8, 4) is 0 Å². The Labute approximate surface area is 448 Å². The van der Waals surface area contributed by atoms with Crippen molar-refractivity contribution in [2.75, 3.05) is 6.16 Å². The molecule has 10 rings (SSSR count). The fraction of sp³-hybridized carbons (Fsp3) is 0.0545. The molecule has 0 spiro atoms. The SMILES string of the molecule is F[P-](F)(F)(F)(F)F.[CH]1[CH][CH][CH][CH]1.[CH]1[CH][CH][CH][CH]1.[CH]1[CH][CH][CH][CH]1.[CH]1[CH][CH][C](CCP(=CC2([C]3[CH][CH][CH][CH]3)C=C([C]3[CH][CH][CH][CH]3)C=C2[C]2[CH][CH][CH][CH]2)(c2ccccc2)c2ccccc2)[CH]1.[Fe+2].[Fe+2].[Fe+2].[Ru+2]. The first-order chi connectivity index (χ1) is 30.2. The summed E-state index contributed by atoms with van der Waals surface area (Å²) in [5, 5.41) is 2.86. The Morgan fingerprint density at radius 1 is 0.433 bits per heavy atom. The third-order valence-electron chi connectivity index (χ3n) is 10.2. The van der Waals surface area contributed by atoms with E-state index in [1.165, 1.54) is 45.4 Å². The molecule has 12 heteroatoms. The Morgan fingerprint density at radius 3 is 1.13 bits per heavy atom. The molecule has 35 radical (unpaired) electrons. The van der Waals surface area contributed by atoms with E-state index in [-0.39, 0.29) is 76.1 Å². The van der Waals surface area contributed by atoms with Gasteiger partial charge in [0.05, 0.1) is 0 Å². The Balaban J connectivity index is 0.000000487. The summed E-state index contributed by atoms with van der Waals surface area (Å²) in [7, 11) is -10.7. The van der Waals surface area contributed by atoms with Gasteiger partial charge in [-0.1, -0.05) is 85.5 Å². The van der Waals surface area contributed by atoms with Crippen molar-refractivity contribution in [2.24, 2.45) is 5.41 Å². The smallest absolute Gasteiger partial charge is 0.0660 e. The van der Waals surface area contributed by atoms with E-state index in [0.29, 0.717) is 0 Å². The van der Waals surface area contributed by atoms with Crippen molar-refractivity contribution >= 4 is 31.1 Å². The molecular formula is C55H48F6Fe3P2Ru+7. The first-order valence-electron chi connectivity index (χ1n) is 20.5. The predicted octanol–water partition coefficient (Wildman–Crippen LogP) is 13.8. The van der Waals surface area contributed by atoms with Crippen LogP contribution >= 0.6 is 14.7 Å². The van der Waals surface area contributed by atoms with Crippen LogP contribution in [0, 0.1) is 228 Å². The average molecular weight is 1150 g/mol. The molecular weight excluding hydrogens is 1110 g/mol. The second kappa shape index (κ2) is 29.9. The first-order valence-corrected chi connectivity index (χ1v) is 24.5. The molecule has 8 aliphatic carbocycles. The van der Waals surface area contributed by atoms with Crippen molar-refractivity contribution < 1.29 is 95.9 Å². The van der Waals surface area contributed by atoms with Gasteiger partial charge in [-0.15, -0.1) is 0 Å². The molecule has 0 aromatic heterocycles. The number of rotatable bonds is 9. The normalized spacial score (nSPS) is 24.1. The van der Waals surface area contributed by atoms with Crippen LogP contribution in [0.1, 0.15) is 6.42 Å². The van der Waals surface area contributed by atoms with Crippen molar-refractivity contribution in [3.63, 3.8) is 0 Å². The van der Waals surface area contributed by atoms with Gasteiger partial charge >= 0.3 is 104 Å². The van der Waals surface area contributed by atoms with E-state index in [0.717, 1.165) is 12.6 Å². The first kappa shape index (κ1) is 63.5. The minimum atomic E-state index is -10.7. The minimum Gasteiger partial charge on any atom is -0.0660 e. The molecule has 1 unspecified atom stereocenters. The van der Waals surface area contributed by atoms with Gasteiger partial charge in [0.25, 0.3) is 0 Å². The van der Waals surface area contributed by atoms with Crippen LogP contribution in [0.5, 0.6) is 0 Å². The van der Waals surface area contributed by atoms with Crippen LogP contribution in [-0.4, -0.2) is 12.0 Å². The van der Waals surface area contributed by atoms with E-state index in [4.69, 9.17) is 0 Å². The van der Waals surface area contributed by atoms with Gasteiger partial charge in [-0.2, -0.15) is 0 Å². The molecule has 7 saturated carbocycles. The molecule has 2 aromatic carbocycles. The zero-order valence-electron chi connectivity index (χ0n) is 35.9. The van der Waals surface area contributed by atoms with Crippen LogP contribution in [-0.2, 0) is 70.7 Å².